The molecule has 0 saturated carbocycles. The molecule has 9 heteroatoms. The zero-order valence-corrected chi connectivity index (χ0v) is 17.8. The molecule has 0 aromatic heterocycles. The molecule has 0 unspecified atom stereocenters. The molecule has 1 N–H and O–H groups in total. The lowest BCUT2D eigenvalue weighted by Crippen LogP contribution is -2.41. The Morgan fingerprint density at radius 2 is 1.79 bits per heavy atom. The summed E-state index contributed by atoms with van der Waals surface area (Å²) in [5.41, 5.74) is 0.551. The molecule has 0 spiro atoms. The number of ether oxygens (including phenoxy) is 2. The lowest BCUT2D eigenvalue weighted by atomic mass is 9.97. The van der Waals surface area contributed by atoms with Crippen molar-refractivity contribution in [1.82, 2.24) is 4.31 Å². The third-order valence-corrected chi connectivity index (χ3v) is 7.19. The smallest absolute Gasteiger partial charge is 0.246 e. The predicted molar refractivity (Wildman–Crippen MR) is 111 cm³/mol. The Bertz CT molecular complexity index is 988. The molecule has 1 amide bonds. The first-order chi connectivity index (χ1) is 13.9. The van der Waals surface area contributed by atoms with Gasteiger partial charge in [-0.3, -0.25) is 4.79 Å². The van der Waals surface area contributed by atoms with Gasteiger partial charge in [0, 0.05) is 25.1 Å². The fraction of sp³-hybridized carbons (Fsp3) is 0.350. The van der Waals surface area contributed by atoms with E-state index in [1.165, 1.54) is 24.6 Å². The number of amides is 1. The molecule has 1 aliphatic heterocycles. The number of rotatable bonds is 6. The van der Waals surface area contributed by atoms with E-state index in [2.05, 4.69) is 5.32 Å². The molecule has 0 atom stereocenters. The molecule has 3 rings (SSSR count). The zero-order valence-electron chi connectivity index (χ0n) is 16.2. The van der Waals surface area contributed by atoms with Gasteiger partial charge in [0.15, 0.2) is 0 Å². The van der Waals surface area contributed by atoms with E-state index in [1.54, 1.807) is 36.4 Å². The van der Waals surface area contributed by atoms with Gasteiger partial charge in [-0.25, -0.2) is 8.42 Å². The Balaban J connectivity index is 1.70. The summed E-state index contributed by atoms with van der Waals surface area (Å²) in [6.07, 6.45) is 0.837. The number of methoxy groups -OCH3 is 2. The molecule has 2 aromatic rings. The first-order valence-corrected chi connectivity index (χ1v) is 11.0. The molecule has 0 radical (unpaired) electrons. The molecule has 7 nitrogen and oxygen atoms in total. The molecule has 1 heterocycles. The number of carbonyl (C=O) groups excluding carboxylic acids is 1. The van der Waals surface area contributed by atoms with E-state index >= 15 is 0 Å². The number of sulfonamides is 1. The highest BCUT2D eigenvalue weighted by Crippen LogP contribution is 2.33. The minimum Gasteiger partial charge on any atom is -0.497 e. The largest absolute Gasteiger partial charge is 0.497 e. The first kappa shape index (κ1) is 21.4. The number of hydrogen-bond acceptors (Lipinski definition) is 5. The summed E-state index contributed by atoms with van der Waals surface area (Å²) in [5, 5.41) is 3.29. The van der Waals surface area contributed by atoms with E-state index in [4.69, 9.17) is 21.1 Å². The van der Waals surface area contributed by atoms with Gasteiger partial charge in [-0.2, -0.15) is 4.31 Å². The van der Waals surface area contributed by atoms with E-state index < -0.39 is 10.0 Å². The summed E-state index contributed by atoms with van der Waals surface area (Å²) in [5.74, 6) is 0.238. The standard InChI is InChI=1S/C20H23ClN2O5S/c1-27-15-7-8-18(28-2)19(13-15)29(25,26)23-11-9-14(10-12-23)20(24)22-17-6-4-3-5-16(17)21/h3-8,13-14H,9-12H2,1-2H3,(H,22,24). The van der Waals surface area contributed by atoms with Crippen molar-refractivity contribution in [2.75, 3.05) is 32.6 Å². The molecule has 1 aliphatic rings. The van der Waals surface area contributed by atoms with Crippen molar-refractivity contribution in [3.05, 3.63) is 47.5 Å². The second kappa shape index (κ2) is 9.02. The van der Waals surface area contributed by atoms with Crippen LogP contribution in [0.4, 0.5) is 5.69 Å². The van der Waals surface area contributed by atoms with E-state index in [0.29, 0.717) is 29.3 Å². The third-order valence-electron chi connectivity index (χ3n) is 4.95. The van der Waals surface area contributed by atoms with Crippen LogP contribution in [0, 0.1) is 5.92 Å². The lowest BCUT2D eigenvalue weighted by molar-refractivity contribution is -0.120. The van der Waals surface area contributed by atoms with Gasteiger partial charge in [-0.1, -0.05) is 23.7 Å². The molecule has 1 saturated heterocycles. The zero-order chi connectivity index (χ0) is 21.0. The molecule has 29 heavy (non-hydrogen) atoms. The molecule has 1 fully saturated rings. The highest BCUT2D eigenvalue weighted by Gasteiger charge is 2.34. The Morgan fingerprint density at radius 1 is 1.10 bits per heavy atom. The molecule has 2 aromatic carbocycles. The maximum absolute atomic E-state index is 13.1. The van der Waals surface area contributed by atoms with Crippen LogP contribution in [-0.2, 0) is 14.8 Å². The Kier molecular flexibility index (Phi) is 6.66. The average molecular weight is 439 g/mol. The SMILES string of the molecule is COc1ccc(OC)c(S(=O)(=O)N2CCC(C(=O)Nc3ccccc3Cl)CC2)c1. The summed E-state index contributed by atoms with van der Waals surface area (Å²) in [4.78, 5) is 12.6. The number of carbonyl (C=O) groups is 1. The summed E-state index contributed by atoms with van der Waals surface area (Å²) in [6.45, 7) is 0.479. The predicted octanol–water partition coefficient (Wildman–Crippen LogP) is 3.40. The van der Waals surface area contributed by atoms with Crippen molar-refractivity contribution >= 4 is 33.2 Å². The van der Waals surface area contributed by atoms with Crippen LogP contribution in [-0.4, -0.2) is 45.9 Å². The minimum absolute atomic E-state index is 0.0540. The van der Waals surface area contributed by atoms with E-state index in [1.807, 2.05) is 0 Å². The maximum atomic E-state index is 13.1. The fourth-order valence-electron chi connectivity index (χ4n) is 3.28. The highest BCUT2D eigenvalue weighted by atomic mass is 35.5. The van der Waals surface area contributed by atoms with Crippen LogP contribution in [0.5, 0.6) is 11.5 Å². The molecular formula is C20H23ClN2O5S. The first-order valence-electron chi connectivity index (χ1n) is 9.14. The molecule has 156 valence electrons. The van der Waals surface area contributed by atoms with Gasteiger partial charge in [-0.15, -0.1) is 0 Å². The minimum atomic E-state index is -3.78. The molecule has 0 bridgehead atoms. The van der Waals surface area contributed by atoms with Gasteiger partial charge in [-0.05, 0) is 37.1 Å². The van der Waals surface area contributed by atoms with Crippen LogP contribution in [0.25, 0.3) is 0 Å². The van der Waals surface area contributed by atoms with Crippen LogP contribution >= 0.6 is 11.6 Å². The van der Waals surface area contributed by atoms with Crippen molar-refractivity contribution < 1.29 is 22.7 Å². The number of benzene rings is 2. The maximum Gasteiger partial charge on any atom is 0.246 e. The second-order valence-corrected chi connectivity index (χ2v) is 8.98. The average Bonchev–Trinajstić information content (AvgIpc) is 2.74. The van der Waals surface area contributed by atoms with Crippen LogP contribution in [0.3, 0.4) is 0 Å². The van der Waals surface area contributed by atoms with Gasteiger partial charge in [0.2, 0.25) is 15.9 Å². The van der Waals surface area contributed by atoms with Crippen molar-refractivity contribution in [1.29, 1.82) is 0 Å². The van der Waals surface area contributed by atoms with E-state index in [-0.39, 0.29) is 35.6 Å². The topological polar surface area (TPSA) is 84.9 Å². The summed E-state index contributed by atoms with van der Waals surface area (Å²) < 4.78 is 38.0. The molecular weight excluding hydrogens is 416 g/mol. The summed E-state index contributed by atoms with van der Waals surface area (Å²) in [7, 11) is -0.880. The lowest BCUT2D eigenvalue weighted by Gasteiger charge is -2.31. The van der Waals surface area contributed by atoms with Crippen LogP contribution in [0.1, 0.15) is 12.8 Å². The van der Waals surface area contributed by atoms with Crippen molar-refractivity contribution in [3.8, 4) is 11.5 Å². The number of para-hydroxylation sites is 1. The summed E-state index contributed by atoms with van der Waals surface area (Å²) >= 11 is 6.09. The number of hydrogen-bond donors (Lipinski definition) is 1. The van der Waals surface area contributed by atoms with E-state index in [0.717, 1.165) is 0 Å². The van der Waals surface area contributed by atoms with Crippen LogP contribution in [0.2, 0.25) is 5.02 Å². The van der Waals surface area contributed by atoms with Crippen LogP contribution in [0.15, 0.2) is 47.4 Å². The monoisotopic (exact) mass is 438 g/mol. The third kappa shape index (κ3) is 4.66. The summed E-state index contributed by atoms with van der Waals surface area (Å²) in [6, 6.07) is 11.7. The normalized spacial score (nSPS) is 15.7. The second-order valence-electron chi connectivity index (χ2n) is 6.66. The Morgan fingerprint density at radius 3 is 2.41 bits per heavy atom. The van der Waals surface area contributed by atoms with Crippen molar-refractivity contribution in [2.24, 2.45) is 5.92 Å². The Hall–Kier alpha value is -2.29. The van der Waals surface area contributed by atoms with Gasteiger partial charge < -0.3 is 14.8 Å². The quantitative estimate of drug-likeness (QED) is 0.747. The number of anilines is 1. The number of nitrogens with zero attached hydrogens (tertiary/aromatic N) is 1. The molecule has 0 aliphatic carbocycles. The fourth-order valence-corrected chi connectivity index (χ4v) is 5.10. The Labute approximate surface area is 175 Å². The van der Waals surface area contributed by atoms with Gasteiger partial charge in [0.05, 0.1) is 24.9 Å². The number of halogens is 1. The highest BCUT2D eigenvalue weighted by molar-refractivity contribution is 7.89. The van der Waals surface area contributed by atoms with Crippen molar-refractivity contribution in [3.63, 3.8) is 0 Å². The number of nitrogens with one attached hydrogen (secondary N) is 1. The van der Waals surface area contributed by atoms with Crippen molar-refractivity contribution in [2.45, 2.75) is 17.7 Å². The van der Waals surface area contributed by atoms with Crippen LogP contribution < -0.4 is 14.8 Å². The van der Waals surface area contributed by atoms with Gasteiger partial charge in [0.25, 0.3) is 0 Å². The van der Waals surface area contributed by atoms with E-state index in [9.17, 15) is 13.2 Å². The van der Waals surface area contributed by atoms with Gasteiger partial charge in [0.1, 0.15) is 16.4 Å². The van der Waals surface area contributed by atoms with Gasteiger partial charge >= 0.3 is 0 Å². The number of piperidine rings is 1.